The molecule has 1 saturated heterocycles. The molecule has 1 aliphatic heterocycles. The average Bonchev–Trinajstić information content (AvgIpc) is 3.07. The monoisotopic (exact) mass is 420 g/mol. The molecule has 0 bridgehead atoms. The Hall–Kier alpha value is -2.54. The van der Waals surface area contributed by atoms with Gasteiger partial charge in [0.05, 0.1) is 17.2 Å². The second-order valence-corrected chi connectivity index (χ2v) is 8.83. The van der Waals surface area contributed by atoms with E-state index in [2.05, 4.69) is 55.8 Å². The van der Waals surface area contributed by atoms with E-state index < -0.39 is 0 Å². The van der Waals surface area contributed by atoms with Gasteiger partial charge in [-0.3, -0.25) is 14.6 Å². The molecule has 0 atom stereocenters. The van der Waals surface area contributed by atoms with Crippen molar-refractivity contribution in [2.45, 2.75) is 19.9 Å². The molecule has 6 heteroatoms. The van der Waals surface area contributed by atoms with E-state index in [1.807, 2.05) is 31.2 Å². The molecule has 4 rings (SSSR count). The van der Waals surface area contributed by atoms with E-state index in [1.54, 1.807) is 11.3 Å². The number of hydrogen-bond acceptors (Lipinski definition) is 5. The quantitative estimate of drug-likeness (QED) is 0.647. The van der Waals surface area contributed by atoms with Gasteiger partial charge < -0.3 is 5.32 Å². The van der Waals surface area contributed by atoms with Crippen molar-refractivity contribution in [2.75, 3.05) is 38.0 Å². The number of anilines is 1. The van der Waals surface area contributed by atoms with E-state index in [0.717, 1.165) is 61.1 Å². The van der Waals surface area contributed by atoms with Gasteiger partial charge >= 0.3 is 0 Å². The van der Waals surface area contributed by atoms with Gasteiger partial charge in [-0.05, 0) is 44.1 Å². The summed E-state index contributed by atoms with van der Waals surface area (Å²) in [5.74, 6) is 0.0399. The summed E-state index contributed by atoms with van der Waals surface area (Å²) in [6.45, 7) is 7.34. The zero-order chi connectivity index (χ0) is 20.8. The molecule has 2 aromatic carbocycles. The van der Waals surface area contributed by atoms with Crippen molar-refractivity contribution in [2.24, 2.45) is 0 Å². The van der Waals surface area contributed by atoms with Crippen molar-refractivity contribution in [3.05, 3.63) is 70.5 Å². The number of rotatable bonds is 6. The molecule has 5 nitrogen and oxygen atoms in total. The topological polar surface area (TPSA) is 48.5 Å². The summed E-state index contributed by atoms with van der Waals surface area (Å²) in [5.41, 5.74) is 4.16. The van der Waals surface area contributed by atoms with Crippen LogP contribution < -0.4 is 5.32 Å². The van der Waals surface area contributed by atoms with E-state index >= 15 is 0 Å². The number of aryl methyl sites for hydroxylation is 1. The fraction of sp³-hybridized carbons (Fsp3) is 0.333. The molecule has 0 spiro atoms. The zero-order valence-corrected chi connectivity index (χ0v) is 18.2. The number of hydrogen-bond donors (Lipinski definition) is 1. The first-order chi connectivity index (χ1) is 14.7. The van der Waals surface area contributed by atoms with Gasteiger partial charge in [-0.2, -0.15) is 0 Å². The van der Waals surface area contributed by atoms with Crippen LogP contribution >= 0.6 is 11.3 Å². The van der Waals surface area contributed by atoms with Crippen LogP contribution in [0, 0.1) is 6.92 Å². The lowest BCUT2D eigenvalue weighted by molar-refractivity contribution is -0.117. The predicted molar refractivity (Wildman–Crippen MR) is 124 cm³/mol. The van der Waals surface area contributed by atoms with E-state index in [-0.39, 0.29) is 5.91 Å². The van der Waals surface area contributed by atoms with E-state index in [9.17, 15) is 4.79 Å². The van der Waals surface area contributed by atoms with Gasteiger partial charge in [-0.1, -0.05) is 42.5 Å². The number of nitrogens with zero attached hydrogens (tertiary/aromatic N) is 3. The molecule has 0 radical (unpaired) electrons. The highest BCUT2D eigenvalue weighted by Crippen LogP contribution is 2.24. The third kappa shape index (κ3) is 5.75. The average molecular weight is 421 g/mol. The van der Waals surface area contributed by atoms with Crippen LogP contribution in [-0.4, -0.2) is 53.4 Å². The molecule has 0 unspecified atom stereocenters. The van der Waals surface area contributed by atoms with Gasteiger partial charge in [0.2, 0.25) is 5.91 Å². The molecule has 2 heterocycles. The molecular formula is C24H28N4OS. The van der Waals surface area contributed by atoms with Crippen LogP contribution in [0.5, 0.6) is 0 Å². The maximum Gasteiger partial charge on any atom is 0.238 e. The Kier molecular flexibility index (Phi) is 6.89. The van der Waals surface area contributed by atoms with Gasteiger partial charge in [0, 0.05) is 36.3 Å². The number of amides is 1. The normalized spacial score (nSPS) is 15.6. The lowest BCUT2D eigenvalue weighted by Gasteiger charge is -2.21. The first-order valence-electron chi connectivity index (χ1n) is 10.5. The van der Waals surface area contributed by atoms with Crippen LogP contribution in [0.15, 0.2) is 60.0 Å². The highest BCUT2D eigenvalue weighted by molar-refractivity contribution is 7.09. The molecule has 30 heavy (non-hydrogen) atoms. The number of carbonyl (C=O) groups excluding carboxylic acids is 1. The van der Waals surface area contributed by atoms with Crippen molar-refractivity contribution < 1.29 is 4.79 Å². The first-order valence-corrected chi connectivity index (χ1v) is 11.3. The summed E-state index contributed by atoms with van der Waals surface area (Å²) in [4.78, 5) is 21.9. The SMILES string of the molecule is Cc1nc(-c2cccc(NC(=O)CN3CCCN(Cc4ccccc4)CC3)c2)cs1. The zero-order valence-electron chi connectivity index (χ0n) is 17.4. The molecule has 1 fully saturated rings. The van der Waals surface area contributed by atoms with Crippen LogP contribution in [0.1, 0.15) is 17.0 Å². The minimum Gasteiger partial charge on any atom is -0.325 e. The Bertz CT molecular complexity index is 972. The Morgan fingerprint density at radius 3 is 2.63 bits per heavy atom. The molecule has 1 aromatic heterocycles. The molecule has 1 aliphatic rings. The number of thiazole rings is 1. The van der Waals surface area contributed by atoms with E-state index in [4.69, 9.17) is 0 Å². The maximum atomic E-state index is 12.6. The third-order valence-corrected chi connectivity index (χ3v) is 6.13. The van der Waals surface area contributed by atoms with Crippen LogP contribution in [0.4, 0.5) is 5.69 Å². The standard InChI is InChI=1S/C24H28N4OS/c1-19-25-23(18-30-19)21-9-5-10-22(15-21)26-24(29)17-28-12-6-11-27(13-14-28)16-20-7-3-2-4-8-20/h2-5,7-10,15,18H,6,11-14,16-17H2,1H3,(H,26,29). The molecule has 3 aromatic rings. The Morgan fingerprint density at radius 2 is 1.83 bits per heavy atom. The molecule has 156 valence electrons. The van der Waals surface area contributed by atoms with Gasteiger partial charge in [-0.25, -0.2) is 4.98 Å². The minimum absolute atomic E-state index is 0.0399. The van der Waals surface area contributed by atoms with E-state index in [0.29, 0.717) is 6.54 Å². The number of aromatic nitrogens is 1. The molecule has 1 N–H and O–H groups in total. The maximum absolute atomic E-state index is 12.6. The van der Waals surface area contributed by atoms with Crippen molar-refractivity contribution in [3.63, 3.8) is 0 Å². The Morgan fingerprint density at radius 1 is 1.03 bits per heavy atom. The molecule has 0 aliphatic carbocycles. The number of nitrogens with one attached hydrogen (secondary N) is 1. The minimum atomic E-state index is 0.0399. The van der Waals surface area contributed by atoms with Crippen LogP contribution in [0.25, 0.3) is 11.3 Å². The summed E-state index contributed by atoms with van der Waals surface area (Å²) in [6, 6.07) is 18.5. The fourth-order valence-electron chi connectivity index (χ4n) is 3.84. The van der Waals surface area contributed by atoms with Crippen molar-refractivity contribution >= 4 is 22.9 Å². The van der Waals surface area contributed by atoms with Gasteiger partial charge in [0.1, 0.15) is 0 Å². The highest BCUT2D eigenvalue weighted by Gasteiger charge is 2.17. The fourth-order valence-corrected chi connectivity index (χ4v) is 4.46. The largest absolute Gasteiger partial charge is 0.325 e. The van der Waals surface area contributed by atoms with E-state index in [1.165, 1.54) is 5.56 Å². The smallest absolute Gasteiger partial charge is 0.238 e. The summed E-state index contributed by atoms with van der Waals surface area (Å²) in [6.07, 6.45) is 1.08. The van der Waals surface area contributed by atoms with Crippen LogP contribution in [0.2, 0.25) is 0 Å². The van der Waals surface area contributed by atoms with Crippen LogP contribution in [-0.2, 0) is 11.3 Å². The number of benzene rings is 2. The first kappa shape index (κ1) is 20.7. The second-order valence-electron chi connectivity index (χ2n) is 7.77. The Balaban J connectivity index is 1.29. The van der Waals surface area contributed by atoms with Gasteiger partial charge in [0.15, 0.2) is 0 Å². The van der Waals surface area contributed by atoms with Crippen molar-refractivity contribution in [3.8, 4) is 11.3 Å². The van der Waals surface area contributed by atoms with Crippen molar-refractivity contribution in [1.29, 1.82) is 0 Å². The summed E-state index contributed by atoms with van der Waals surface area (Å²) in [7, 11) is 0. The van der Waals surface area contributed by atoms with Gasteiger partial charge in [-0.15, -0.1) is 11.3 Å². The number of carbonyl (C=O) groups is 1. The second kappa shape index (κ2) is 9.98. The Labute approximate surface area is 182 Å². The predicted octanol–water partition coefficient (Wildman–Crippen LogP) is 4.26. The lowest BCUT2D eigenvalue weighted by Crippen LogP contribution is -2.36. The summed E-state index contributed by atoms with van der Waals surface area (Å²) in [5, 5.41) is 6.15. The molecular weight excluding hydrogens is 392 g/mol. The van der Waals surface area contributed by atoms with Crippen LogP contribution in [0.3, 0.4) is 0 Å². The molecule has 1 amide bonds. The summed E-state index contributed by atoms with van der Waals surface area (Å²) < 4.78 is 0. The van der Waals surface area contributed by atoms with Crippen molar-refractivity contribution in [1.82, 2.24) is 14.8 Å². The van der Waals surface area contributed by atoms with Gasteiger partial charge in [0.25, 0.3) is 0 Å². The molecule has 0 saturated carbocycles. The third-order valence-electron chi connectivity index (χ3n) is 5.36. The lowest BCUT2D eigenvalue weighted by atomic mass is 10.1. The summed E-state index contributed by atoms with van der Waals surface area (Å²) >= 11 is 1.64. The highest BCUT2D eigenvalue weighted by atomic mass is 32.1.